The molecule has 31 heteroatoms. The Bertz CT molecular complexity index is 6870. The summed E-state index contributed by atoms with van der Waals surface area (Å²) in [7, 11) is 4.99. The molecule has 728 valence electrons. The van der Waals surface area contributed by atoms with Crippen molar-refractivity contribution in [2.45, 2.75) is 117 Å². The average Bonchev–Trinajstić information content (AvgIpc) is 1.63. The van der Waals surface area contributed by atoms with Crippen LogP contribution in [0.2, 0.25) is 0 Å². The van der Waals surface area contributed by atoms with E-state index in [-0.39, 0.29) is 40.4 Å². The lowest BCUT2D eigenvalue weighted by Gasteiger charge is -2.28. The molecule has 31 nitrogen and oxygen atoms in total. The highest BCUT2D eigenvalue weighted by atomic mass is 16.5. The van der Waals surface area contributed by atoms with Gasteiger partial charge in [-0.25, -0.2) is 0 Å². The van der Waals surface area contributed by atoms with Crippen LogP contribution in [0.4, 0.5) is 0 Å². The smallest absolute Gasteiger partial charge is 0.232 e. The van der Waals surface area contributed by atoms with Crippen LogP contribution in [0.5, 0.6) is 51.7 Å². The van der Waals surface area contributed by atoms with E-state index in [9.17, 15) is 29.1 Å². The quantitative estimate of drug-likeness (QED) is 0.0469. The Labute approximate surface area is 828 Å². The summed E-state index contributed by atoms with van der Waals surface area (Å²) in [5.74, 6) is 7.77. The molecule has 5 aromatic carbocycles. The molecule has 0 spiro atoms. The molecule has 143 heavy (non-hydrogen) atoms. The number of aromatic hydroxyl groups is 1. The zero-order valence-corrected chi connectivity index (χ0v) is 80.2. The van der Waals surface area contributed by atoms with E-state index >= 15 is 0 Å². The van der Waals surface area contributed by atoms with Gasteiger partial charge in [0.15, 0.2) is 28.8 Å². The van der Waals surface area contributed by atoms with Gasteiger partial charge in [0.2, 0.25) is 28.9 Å². The number of pyridine rings is 5. The molecule has 0 bridgehead atoms. The number of allylic oxidation sites excluding steroid dienone is 10. The minimum absolute atomic E-state index is 0.0767. The van der Waals surface area contributed by atoms with Crippen molar-refractivity contribution in [3.63, 3.8) is 0 Å². The van der Waals surface area contributed by atoms with Gasteiger partial charge in [-0.1, -0.05) is 44.2 Å². The van der Waals surface area contributed by atoms with Crippen LogP contribution in [0.25, 0.3) is 0 Å². The minimum atomic E-state index is -0.184. The number of Topliss-reactive ketones (excluding diaryl/α,β-unsaturated/α-hetero) is 5. The second-order valence-electron chi connectivity index (χ2n) is 37.3. The number of phenols is 1. The second kappa shape index (κ2) is 42.9. The first-order chi connectivity index (χ1) is 70.2. The fourth-order valence-corrected chi connectivity index (χ4v) is 20.8. The van der Waals surface area contributed by atoms with Crippen molar-refractivity contribution in [3.05, 3.63) is 329 Å². The van der Waals surface area contributed by atoms with Crippen molar-refractivity contribution in [1.29, 1.82) is 0 Å². The van der Waals surface area contributed by atoms with Gasteiger partial charge < -0.3 is 64.3 Å². The molecule has 25 rings (SSSR count). The van der Waals surface area contributed by atoms with Crippen molar-refractivity contribution >= 4 is 57.5 Å². The number of benzene rings is 5. The molecule has 4 saturated heterocycles. The Hall–Kier alpha value is -14.8. The third kappa shape index (κ3) is 20.2. The largest absolute Gasteiger partial charge is 0.507 e. The molecule has 0 radical (unpaired) electrons. The van der Waals surface area contributed by atoms with Crippen LogP contribution in [-0.2, 0) is 65.2 Å². The monoisotopic (exact) mass is 1920 g/mol. The number of hydrogen-bond donors (Lipinski definition) is 5. The molecule has 10 aromatic rings. The molecule has 1 aliphatic carbocycles. The summed E-state index contributed by atoms with van der Waals surface area (Å²) in [6.45, 7) is 18.1. The van der Waals surface area contributed by atoms with Gasteiger partial charge >= 0.3 is 0 Å². The molecular weight excluding hydrogens is 1810 g/mol. The van der Waals surface area contributed by atoms with E-state index in [2.05, 4.69) is 85.8 Å². The number of piperidine rings is 1. The summed E-state index contributed by atoms with van der Waals surface area (Å²) in [5.41, 5.74) is 20.6. The standard InChI is InChI=1S/C25H26N2O3.C23H23N3O3.C22H22N4O3.C21H20N4O3.C21H20N4O2/c1-29-22-12-11-19-24(28)23(14-20-17-8-5-13-26-21(17)15-27-20)30-25(19)18(22)10-9-16-6-3-2-4-7-16;1-28-20-5-4-16-22(27)21(12-18-15-3-2-8-25-19(15)13-26-18)29-23(16)17(20)11-14-6-9-24-10-7-14;1-28-19-5-4-15-21(27)20(11-17-14-3-2-6-24-18(14)12-25-17)29-22(15)16(19)13-26-9-7-23-8-10-26;26-18-4-3-14-20(27)19(10-16-13-2-1-5-23-17(13)11-24-16)28-21(14)15(18)12-25-8-6-22-7-9-25;26-20-16-4-1-3-14(13-25-9-7-22-8-10-25)21(16)27-19(20)11-17-15-5-2-6-23-18(15)12-24-17/h5,8,11-14,16H,2-4,6-7,9-10,15H2,1H3;2-5,8,12,14,24H,6-7,9-11,13H2,1H3;2-6,11,23H,7-10,12-13H2,1H3;1-5,10,22,26H,6-9,11-12H2;1-6,11,22H,7-10,12-13H2/b23-14-;21-12-;20-11-;19-10-;19-11-. The molecule has 5 N–H and O–H groups in total. The predicted octanol–water partition coefficient (Wildman–Crippen LogP) is 13.7. The number of para-hydroxylation sites is 1. The Morgan fingerprint density at radius 2 is 0.643 bits per heavy atom. The van der Waals surface area contributed by atoms with Gasteiger partial charge in [-0.15, -0.1) is 0 Å². The highest BCUT2D eigenvalue weighted by Crippen LogP contribution is 2.47. The maximum absolute atomic E-state index is 13.0. The van der Waals surface area contributed by atoms with Crippen LogP contribution in [0, 0.1) is 11.8 Å². The molecule has 14 aliphatic heterocycles. The number of ketones is 5. The van der Waals surface area contributed by atoms with Crippen LogP contribution >= 0.6 is 0 Å². The highest BCUT2D eigenvalue weighted by molar-refractivity contribution is 6.24. The molecule has 1 saturated carbocycles. The summed E-state index contributed by atoms with van der Waals surface area (Å²) in [5, 5.41) is 23.8. The third-order valence-corrected chi connectivity index (χ3v) is 28.5. The number of carbonyl (C=O) groups is 5. The summed E-state index contributed by atoms with van der Waals surface area (Å²) in [6.07, 6.45) is 29.1. The summed E-state index contributed by atoms with van der Waals surface area (Å²) in [4.78, 5) is 116. The summed E-state index contributed by atoms with van der Waals surface area (Å²) < 4.78 is 47.2. The first-order valence-corrected chi connectivity index (χ1v) is 49.4. The Morgan fingerprint density at radius 1 is 0.329 bits per heavy atom. The third-order valence-electron chi connectivity index (χ3n) is 28.5. The van der Waals surface area contributed by atoms with Crippen molar-refractivity contribution < 1.29 is 67.0 Å². The first kappa shape index (κ1) is 94.4. The molecule has 0 amide bonds. The van der Waals surface area contributed by atoms with Gasteiger partial charge in [0.05, 0.1) is 150 Å². The number of aliphatic imine (C=N–C) groups is 5. The van der Waals surface area contributed by atoms with Crippen LogP contribution in [0.15, 0.2) is 243 Å². The van der Waals surface area contributed by atoms with E-state index in [0.717, 1.165) is 255 Å². The lowest BCUT2D eigenvalue weighted by Crippen LogP contribution is -2.43. The van der Waals surface area contributed by atoms with Crippen molar-refractivity contribution in [3.8, 4) is 51.7 Å². The Kier molecular flexibility index (Phi) is 28.3. The predicted molar refractivity (Wildman–Crippen MR) is 540 cm³/mol. The Balaban J connectivity index is 0.000000106. The zero-order chi connectivity index (χ0) is 97.4. The number of rotatable bonds is 19. The lowest BCUT2D eigenvalue weighted by molar-refractivity contribution is 0.100. The fraction of sp³-hybridized carbons (Fsp3) is 0.330. The fourth-order valence-electron chi connectivity index (χ4n) is 20.8. The van der Waals surface area contributed by atoms with E-state index in [1.54, 1.807) is 107 Å². The molecule has 5 aromatic heterocycles. The lowest BCUT2D eigenvalue weighted by atomic mass is 9.85. The SMILES string of the molecule is COc1ccc2c(c1CC1CCNCC1)O/C(=C\C1=NCc3ncccc31)C2=O.COc1ccc2c(c1CCC1CCCCC1)O/C(=C\C1=NCc3ncccc31)C2=O.COc1ccc2c(c1CN1CCNCC1)O/C(=C\C1=NCc3ncccc31)C2=O.O=C1/C(=C/C2=NCc3ncccc32)Oc2c(CN3CCNCC3)cccc21.O=C1/C(=C/C2=NCc3ncccc32)Oc2c1ccc(O)c2CN1CCNCC1. The summed E-state index contributed by atoms with van der Waals surface area (Å²) in [6, 6.07) is 39.3. The van der Waals surface area contributed by atoms with Crippen LogP contribution in [0.1, 0.15) is 187 Å². The van der Waals surface area contributed by atoms with E-state index < -0.39 is 0 Å². The van der Waals surface area contributed by atoms with E-state index in [0.29, 0.717) is 143 Å². The van der Waals surface area contributed by atoms with Gasteiger partial charge in [-0.2, -0.15) is 0 Å². The molecule has 19 heterocycles. The van der Waals surface area contributed by atoms with Crippen molar-refractivity contribution in [1.82, 2.24) is 60.9 Å². The first-order valence-electron chi connectivity index (χ1n) is 49.4. The number of phenolic OH excluding ortho intramolecular Hbond substituents is 1. The number of carbonyl (C=O) groups excluding carboxylic acids is 5. The van der Waals surface area contributed by atoms with Gasteiger partial charge in [0.1, 0.15) is 51.7 Å². The second-order valence-corrected chi connectivity index (χ2v) is 37.3. The molecule has 5 fully saturated rings. The number of methoxy groups -OCH3 is 3. The highest BCUT2D eigenvalue weighted by Gasteiger charge is 2.40. The number of nitrogens with zero attached hydrogens (tertiary/aromatic N) is 13. The molecule has 0 atom stereocenters. The van der Waals surface area contributed by atoms with Gasteiger partial charge in [0.25, 0.3) is 0 Å². The maximum atomic E-state index is 13.0. The molecular formula is C112H111N17O14. The normalized spacial score (nSPS) is 19.8. The average molecular weight is 1920 g/mol. The number of nitrogens with one attached hydrogen (secondary N) is 4. The number of ether oxygens (including phenoxy) is 8. The van der Waals surface area contributed by atoms with Crippen molar-refractivity contribution in [2.75, 3.05) is 113 Å². The van der Waals surface area contributed by atoms with E-state index in [4.69, 9.17) is 37.9 Å². The number of hydrogen-bond acceptors (Lipinski definition) is 31. The van der Waals surface area contributed by atoms with E-state index in [1.807, 2.05) is 103 Å². The zero-order valence-electron chi connectivity index (χ0n) is 80.2. The number of fused-ring (bicyclic) bond motifs is 10. The number of aromatic nitrogens is 5. The number of piperazine rings is 3. The summed E-state index contributed by atoms with van der Waals surface area (Å²) >= 11 is 0. The Morgan fingerprint density at radius 3 is 1.03 bits per heavy atom. The maximum Gasteiger partial charge on any atom is 0.232 e. The minimum Gasteiger partial charge on any atom is -0.507 e. The molecule has 15 aliphatic rings. The topological polar surface area (TPSA) is 364 Å². The van der Waals surface area contributed by atoms with Crippen molar-refractivity contribution in [2.24, 2.45) is 36.8 Å². The van der Waals surface area contributed by atoms with Gasteiger partial charge in [-0.05, 0) is 172 Å². The van der Waals surface area contributed by atoms with Gasteiger partial charge in [0, 0.05) is 204 Å². The van der Waals surface area contributed by atoms with E-state index in [1.165, 1.54) is 32.1 Å². The van der Waals surface area contributed by atoms with Crippen LogP contribution in [0.3, 0.4) is 0 Å². The van der Waals surface area contributed by atoms with Crippen LogP contribution < -0.4 is 59.2 Å². The molecule has 0 unspecified atom stereocenters. The van der Waals surface area contributed by atoms with Gasteiger partial charge in [-0.3, -0.25) is 88.6 Å². The van der Waals surface area contributed by atoms with Crippen LogP contribution in [-0.4, -0.2) is 215 Å².